The summed E-state index contributed by atoms with van der Waals surface area (Å²) >= 11 is 0. The van der Waals surface area contributed by atoms with Crippen LogP contribution in [0.25, 0.3) is 0 Å². The van der Waals surface area contributed by atoms with Crippen molar-refractivity contribution >= 4 is 5.97 Å². The number of nitrogens with zero attached hydrogens (tertiary/aromatic N) is 2. The third kappa shape index (κ3) is 3.16. The lowest BCUT2D eigenvalue weighted by Gasteiger charge is -2.50. The topological polar surface area (TPSA) is 73.6 Å². The van der Waals surface area contributed by atoms with Crippen LogP contribution in [-0.4, -0.2) is 41.3 Å². The predicted octanol–water partition coefficient (Wildman–Crippen LogP) is 1.79. The van der Waals surface area contributed by atoms with Gasteiger partial charge in [0.25, 0.3) is 0 Å². The Morgan fingerprint density at radius 2 is 2.30 bits per heavy atom. The molecule has 1 aromatic carbocycles. The number of hydrogen-bond acceptors (Lipinski definition) is 4. The second-order valence-electron chi connectivity index (χ2n) is 5.45. The number of carbonyl (C=O) groups is 1. The van der Waals surface area contributed by atoms with Crippen LogP contribution in [0.3, 0.4) is 0 Å². The minimum atomic E-state index is -0.945. The fraction of sp³-hybridized carbons (Fsp3) is 0.467. The van der Waals surface area contributed by atoms with Crippen molar-refractivity contribution in [1.29, 1.82) is 5.26 Å². The predicted molar refractivity (Wildman–Crippen MR) is 73.1 cm³/mol. The van der Waals surface area contributed by atoms with Crippen LogP contribution in [0.4, 0.5) is 0 Å². The summed E-state index contributed by atoms with van der Waals surface area (Å²) in [4.78, 5) is 12.7. The second-order valence-corrected chi connectivity index (χ2v) is 5.45. The lowest BCUT2D eigenvalue weighted by atomic mass is 9.92. The standard InChI is InChI=1S/C15H18N2O3/c1-11(13-5-3-4-12(6-13)7-16)17-9-15(2,10-17)20-8-14(18)19/h3-6,11H,8-10H2,1-2H3,(H,18,19). The summed E-state index contributed by atoms with van der Waals surface area (Å²) in [5, 5.41) is 17.6. The van der Waals surface area contributed by atoms with Crippen molar-refractivity contribution in [2.45, 2.75) is 25.5 Å². The van der Waals surface area contributed by atoms with E-state index in [1.54, 1.807) is 6.07 Å². The zero-order valence-corrected chi connectivity index (χ0v) is 11.7. The van der Waals surface area contributed by atoms with Crippen molar-refractivity contribution in [2.75, 3.05) is 19.7 Å². The monoisotopic (exact) mass is 274 g/mol. The van der Waals surface area contributed by atoms with E-state index in [0.29, 0.717) is 18.7 Å². The summed E-state index contributed by atoms with van der Waals surface area (Å²) in [5.41, 5.74) is 1.35. The van der Waals surface area contributed by atoms with Gasteiger partial charge in [0.05, 0.1) is 17.2 Å². The second kappa shape index (κ2) is 5.61. The van der Waals surface area contributed by atoms with Crippen molar-refractivity contribution in [3.05, 3.63) is 35.4 Å². The Morgan fingerprint density at radius 3 is 2.90 bits per heavy atom. The quantitative estimate of drug-likeness (QED) is 0.886. The van der Waals surface area contributed by atoms with Gasteiger partial charge in [-0.15, -0.1) is 0 Å². The van der Waals surface area contributed by atoms with Gasteiger partial charge < -0.3 is 9.84 Å². The van der Waals surface area contributed by atoms with Crippen LogP contribution in [0.5, 0.6) is 0 Å². The first kappa shape index (κ1) is 14.5. The van der Waals surface area contributed by atoms with E-state index in [2.05, 4.69) is 17.9 Å². The van der Waals surface area contributed by atoms with Crippen LogP contribution in [-0.2, 0) is 9.53 Å². The van der Waals surface area contributed by atoms with Gasteiger partial charge in [-0.05, 0) is 31.5 Å². The highest BCUT2D eigenvalue weighted by atomic mass is 16.5. The number of aliphatic carboxylic acids is 1. The Hall–Kier alpha value is -1.90. The minimum Gasteiger partial charge on any atom is -0.480 e. The molecule has 2 rings (SSSR count). The first-order chi connectivity index (χ1) is 9.43. The maximum Gasteiger partial charge on any atom is 0.329 e. The molecule has 1 aliphatic rings. The van der Waals surface area contributed by atoms with E-state index in [9.17, 15) is 4.79 Å². The summed E-state index contributed by atoms with van der Waals surface area (Å²) in [6.07, 6.45) is 0. The fourth-order valence-electron chi connectivity index (χ4n) is 2.49. The fourth-order valence-corrected chi connectivity index (χ4v) is 2.49. The molecule has 106 valence electrons. The van der Waals surface area contributed by atoms with Gasteiger partial charge in [-0.3, -0.25) is 4.90 Å². The largest absolute Gasteiger partial charge is 0.480 e. The zero-order valence-electron chi connectivity index (χ0n) is 11.7. The first-order valence-electron chi connectivity index (χ1n) is 6.53. The zero-order chi connectivity index (χ0) is 14.8. The molecule has 1 fully saturated rings. The molecule has 1 atom stereocenters. The van der Waals surface area contributed by atoms with Crippen molar-refractivity contribution in [2.24, 2.45) is 0 Å². The van der Waals surface area contributed by atoms with E-state index < -0.39 is 5.97 Å². The molecule has 0 aliphatic carbocycles. The van der Waals surface area contributed by atoms with E-state index in [0.717, 1.165) is 5.56 Å². The average Bonchev–Trinajstić information content (AvgIpc) is 2.41. The number of carboxylic acids is 1. The van der Waals surface area contributed by atoms with Crippen LogP contribution in [0, 0.1) is 11.3 Å². The SMILES string of the molecule is CC(c1cccc(C#N)c1)N1CC(C)(OCC(=O)O)C1. The molecule has 0 bridgehead atoms. The number of nitriles is 1. The molecule has 5 heteroatoms. The summed E-state index contributed by atoms with van der Waals surface area (Å²) in [7, 11) is 0. The number of ether oxygens (including phenoxy) is 1. The van der Waals surface area contributed by atoms with Crippen molar-refractivity contribution in [1.82, 2.24) is 4.90 Å². The molecule has 1 aliphatic heterocycles. The highest BCUT2D eigenvalue weighted by Gasteiger charge is 2.42. The van der Waals surface area contributed by atoms with Gasteiger partial charge in [0.2, 0.25) is 0 Å². The van der Waals surface area contributed by atoms with E-state index in [-0.39, 0.29) is 18.2 Å². The lowest BCUT2D eigenvalue weighted by Crippen LogP contribution is -2.62. The molecular weight excluding hydrogens is 256 g/mol. The summed E-state index contributed by atoms with van der Waals surface area (Å²) in [6, 6.07) is 9.87. The van der Waals surface area contributed by atoms with Crippen LogP contribution in [0.15, 0.2) is 24.3 Å². The average molecular weight is 274 g/mol. The van der Waals surface area contributed by atoms with Gasteiger partial charge in [0.15, 0.2) is 0 Å². The van der Waals surface area contributed by atoms with E-state index in [1.165, 1.54) is 0 Å². The maximum absolute atomic E-state index is 10.5. The van der Waals surface area contributed by atoms with Gasteiger partial charge in [-0.1, -0.05) is 12.1 Å². The number of hydrogen-bond donors (Lipinski definition) is 1. The number of carboxylic acid groups (broad SMARTS) is 1. The molecule has 1 aromatic rings. The van der Waals surface area contributed by atoms with Crippen molar-refractivity contribution in [3.63, 3.8) is 0 Å². The maximum atomic E-state index is 10.5. The Kier molecular flexibility index (Phi) is 4.07. The summed E-state index contributed by atoms with van der Waals surface area (Å²) in [5.74, 6) is -0.945. The molecule has 1 unspecified atom stereocenters. The molecule has 0 radical (unpaired) electrons. The summed E-state index contributed by atoms with van der Waals surface area (Å²) in [6.45, 7) is 5.12. The lowest BCUT2D eigenvalue weighted by molar-refractivity contribution is -0.169. The highest BCUT2D eigenvalue weighted by Crippen LogP contribution is 2.33. The van der Waals surface area contributed by atoms with Crippen molar-refractivity contribution in [3.8, 4) is 6.07 Å². The normalized spacial score (nSPS) is 18.9. The van der Waals surface area contributed by atoms with E-state index in [1.807, 2.05) is 25.1 Å². The molecule has 1 heterocycles. The van der Waals surface area contributed by atoms with Gasteiger partial charge in [-0.2, -0.15) is 5.26 Å². The van der Waals surface area contributed by atoms with Crippen LogP contribution in [0.1, 0.15) is 31.0 Å². The van der Waals surface area contributed by atoms with Crippen molar-refractivity contribution < 1.29 is 14.6 Å². The molecule has 5 nitrogen and oxygen atoms in total. The van der Waals surface area contributed by atoms with Gasteiger partial charge >= 0.3 is 5.97 Å². The Bertz CT molecular complexity index is 544. The van der Waals surface area contributed by atoms with Gasteiger partial charge in [0.1, 0.15) is 6.61 Å². The molecule has 1 saturated heterocycles. The Morgan fingerprint density at radius 1 is 1.60 bits per heavy atom. The molecule has 1 N–H and O–H groups in total. The Labute approximate surface area is 118 Å². The third-order valence-electron chi connectivity index (χ3n) is 3.67. The molecular formula is C15H18N2O3. The molecule has 20 heavy (non-hydrogen) atoms. The summed E-state index contributed by atoms with van der Waals surface area (Å²) < 4.78 is 5.39. The third-order valence-corrected chi connectivity index (χ3v) is 3.67. The van der Waals surface area contributed by atoms with Crippen LogP contribution in [0.2, 0.25) is 0 Å². The van der Waals surface area contributed by atoms with Crippen LogP contribution < -0.4 is 0 Å². The highest BCUT2D eigenvalue weighted by molar-refractivity contribution is 5.68. The molecule has 0 saturated carbocycles. The first-order valence-corrected chi connectivity index (χ1v) is 6.53. The number of likely N-dealkylation sites (tertiary alicyclic amines) is 1. The number of benzene rings is 1. The Balaban J connectivity index is 1.94. The molecule has 0 spiro atoms. The smallest absolute Gasteiger partial charge is 0.329 e. The van der Waals surface area contributed by atoms with Gasteiger partial charge in [-0.25, -0.2) is 4.79 Å². The number of rotatable bonds is 5. The van der Waals surface area contributed by atoms with E-state index in [4.69, 9.17) is 15.1 Å². The van der Waals surface area contributed by atoms with Crippen LogP contribution >= 0.6 is 0 Å². The minimum absolute atomic E-state index is 0.185. The molecule has 0 amide bonds. The van der Waals surface area contributed by atoms with Gasteiger partial charge in [0, 0.05) is 19.1 Å². The molecule has 0 aromatic heterocycles. The van der Waals surface area contributed by atoms with E-state index >= 15 is 0 Å².